The van der Waals surface area contributed by atoms with Gasteiger partial charge in [-0.2, -0.15) is 0 Å². The van der Waals surface area contributed by atoms with E-state index in [4.69, 9.17) is 0 Å². The highest BCUT2D eigenvalue weighted by Crippen LogP contribution is 2.23. The Labute approximate surface area is 135 Å². The molecule has 10 heteroatoms. The number of imidazole rings is 1. The summed E-state index contributed by atoms with van der Waals surface area (Å²) < 4.78 is 31.6. The fraction of sp³-hybridized carbons (Fsp3) is 0.0769. The third-order valence-electron chi connectivity index (χ3n) is 2.90. The zero-order chi connectivity index (χ0) is 16.4. The van der Waals surface area contributed by atoms with Crippen LogP contribution in [-0.4, -0.2) is 31.6 Å². The maximum Gasteiger partial charge on any atom is 0.413 e. The van der Waals surface area contributed by atoms with Gasteiger partial charge in [-0.05, 0) is 29.6 Å². The Morgan fingerprint density at radius 2 is 2.17 bits per heavy atom. The van der Waals surface area contributed by atoms with Crippen molar-refractivity contribution >= 4 is 50.1 Å². The second-order valence-electron chi connectivity index (χ2n) is 4.47. The molecule has 8 nitrogen and oxygen atoms in total. The Kier molecular flexibility index (Phi) is 3.92. The Morgan fingerprint density at radius 3 is 2.87 bits per heavy atom. The number of hydrogen-bond donors (Lipinski definition) is 3. The van der Waals surface area contributed by atoms with Crippen molar-refractivity contribution in [1.82, 2.24) is 9.97 Å². The van der Waals surface area contributed by atoms with Gasteiger partial charge in [-0.3, -0.25) is 10.0 Å². The monoisotopic (exact) mass is 352 g/mol. The smallest absolute Gasteiger partial charge is 0.413 e. The van der Waals surface area contributed by atoms with Crippen LogP contribution in [0, 0.1) is 0 Å². The predicted molar refractivity (Wildman–Crippen MR) is 87.2 cm³/mol. The first-order valence-electron chi connectivity index (χ1n) is 6.39. The van der Waals surface area contributed by atoms with Crippen molar-refractivity contribution < 1.29 is 17.9 Å². The van der Waals surface area contributed by atoms with Gasteiger partial charge in [0.25, 0.3) is 10.0 Å². The summed E-state index contributed by atoms with van der Waals surface area (Å²) in [4.78, 5) is 18.2. The lowest BCUT2D eigenvalue weighted by atomic mass is 10.3. The van der Waals surface area contributed by atoms with E-state index in [0.29, 0.717) is 16.7 Å². The SMILES string of the molecule is COC(=O)Nc1nc2ccc(NS(=O)(=O)c3cccs3)cc2[nH]1. The fourth-order valence-electron chi connectivity index (χ4n) is 1.90. The van der Waals surface area contributed by atoms with Crippen molar-refractivity contribution in [2.45, 2.75) is 4.21 Å². The van der Waals surface area contributed by atoms with E-state index in [0.717, 1.165) is 11.3 Å². The van der Waals surface area contributed by atoms with E-state index >= 15 is 0 Å². The van der Waals surface area contributed by atoms with Crippen LogP contribution in [0.4, 0.5) is 16.4 Å². The van der Waals surface area contributed by atoms with Crippen molar-refractivity contribution in [2.75, 3.05) is 17.1 Å². The molecule has 0 saturated heterocycles. The number of rotatable bonds is 4. The average molecular weight is 352 g/mol. The van der Waals surface area contributed by atoms with E-state index in [1.807, 2.05) is 0 Å². The summed E-state index contributed by atoms with van der Waals surface area (Å²) in [5, 5.41) is 4.10. The number of anilines is 2. The zero-order valence-electron chi connectivity index (χ0n) is 11.9. The number of nitrogens with zero attached hydrogens (tertiary/aromatic N) is 1. The van der Waals surface area contributed by atoms with E-state index in [1.165, 1.54) is 13.2 Å². The van der Waals surface area contributed by atoms with Crippen LogP contribution in [0.5, 0.6) is 0 Å². The summed E-state index contributed by atoms with van der Waals surface area (Å²) >= 11 is 1.13. The highest BCUT2D eigenvalue weighted by atomic mass is 32.2. The van der Waals surface area contributed by atoms with Gasteiger partial charge in [0, 0.05) is 0 Å². The third-order valence-corrected chi connectivity index (χ3v) is 5.68. The molecule has 0 bridgehead atoms. The second-order valence-corrected chi connectivity index (χ2v) is 7.33. The molecule has 3 rings (SSSR count). The summed E-state index contributed by atoms with van der Waals surface area (Å²) in [5.41, 5.74) is 1.54. The third kappa shape index (κ3) is 3.27. The van der Waals surface area contributed by atoms with Crippen LogP contribution < -0.4 is 10.0 Å². The number of benzene rings is 1. The first-order valence-corrected chi connectivity index (χ1v) is 8.75. The minimum Gasteiger partial charge on any atom is -0.453 e. The van der Waals surface area contributed by atoms with E-state index in [2.05, 4.69) is 24.7 Å². The van der Waals surface area contributed by atoms with Crippen LogP contribution in [0.2, 0.25) is 0 Å². The first kappa shape index (κ1) is 15.3. The number of methoxy groups -OCH3 is 1. The number of hydrogen-bond acceptors (Lipinski definition) is 6. The van der Waals surface area contributed by atoms with Crippen LogP contribution in [-0.2, 0) is 14.8 Å². The number of H-pyrrole nitrogens is 1. The van der Waals surface area contributed by atoms with Gasteiger partial charge in [0.15, 0.2) is 0 Å². The van der Waals surface area contributed by atoms with Gasteiger partial charge in [0.2, 0.25) is 5.95 Å². The molecule has 2 heterocycles. The minimum absolute atomic E-state index is 0.213. The maximum absolute atomic E-state index is 12.2. The molecule has 1 aromatic carbocycles. The van der Waals surface area contributed by atoms with Crippen LogP contribution in [0.1, 0.15) is 0 Å². The molecular formula is C13H12N4O4S2. The molecule has 0 aliphatic rings. The number of carbonyl (C=O) groups excluding carboxylic acids is 1. The molecule has 0 fully saturated rings. The average Bonchev–Trinajstić information content (AvgIpc) is 3.15. The van der Waals surface area contributed by atoms with Crippen LogP contribution >= 0.6 is 11.3 Å². The molecule has 0 saturated carbocycles. The van der Waals surface area contributed by atoms with Gasteiger partial charge >= 0.3 is 6.09 Å². The van der Waals surface area contributed by atoms with Crippen molar-refractivity contribution in [1.29, 1.82) is 0 Å². The molecule has 0 radical (unpaired) electrons. The maximum atomic E-state index is 12.2. The number of aromatic amines is 1. The summed E-state index contributed by atoms with van der Waals surface area (Å²) in [6.07, 6.45) is -0.650. The molecule has 3 aromatic rings. The van der Waals surface area contributed by atoms with Crippen molar-refractivity contribution in [3.05, 3.63) is 35.7 Å². The molecule has 2 aromatic heterocycles. The molecular weight excluding hydrogens is 340 g/mol. The fourth-order valence-corrected chi connectivity index (χ4v) is 3.94. The quantitative estimate of drug-likeness (QED) is 0.668. The summed E-state index contributed by atoms with van der Waals surface area (Å²) in [5.74, 6) is 0.213. The molecule has 3 N–H and O–H groups in total. The molecule has 0 atom stereocenters. The lowest BCUT2D eigenvalue weighted by Crippen LogP contribution is -2.11. The van der Waals surface area contributed by atoms with E-state index in [9.17, 15) is 13.2 Å². The Morgan fingerprint density at radius 1 is 1.35 bits per heavy atom. The number of carbonyl (C=O) groups is 1. The Hall–Kier alpha value is -2.59. The van der Waals surface area contributed by atoms with Crippen molar-refractivity contribution in [2.24, 2.45) is 0 Å². The van der Waals surface area contributed by atoms with Crippen molar-refractivity contribution in [3.8, 4) is 0 Å². The standard InChI is InChI=1S/C13H12N4O4S2/c1-21-13(18)16-12-14-9-5-4-8(7-10(9)15-12)17-23(19,20)11-3-2-6-22-11/h2-7,17H,1H3,(H2,14,15,16,18). The number of amides is 1. The van der Waals surface area contributed by atoms with Gasteiger partial charge in [0.1, 0.15) is 4.21 Å². The molecule has 120 valence electrons. The van der Waals surface area contributed by atoms with E-state index in [1.54, 1.807) is 29.6 Å². The molecule has 0 spiro atoms. The highest BCUT2D eigenvalue weighted by molar-refractivity contribution is 7.94. The lowest BCUT2D eigenvalue weighted by Gasteiger charge is -2.05. The first-order chi connectivity index (χ1) is 11.0. The minimum atomic E-state index is -3.61. The number of thiophene rings is 1. The normalized spacial score (nSPS) is 11.3. The Balaban J connectivity index is 1.87. The highest BCUT2D eigenvalue weighted by Gasteiger charge is 2.15. The van der Waals surface area contributed by atoms with Gasteiger partial charge in [-0.1, -0.05) is 6.07 Å². The number of nitrogens with one attached hydrogen (secondary N) is 3. The summed E-state index contributed by atoms with van der Waals surface area (Å²) in [6.45, 7) is 0. The van der Waals surface area contributed by atoms with Gasteiger partial charge < -0.3 is 9.72 Å². The van der Waals surface area contributed by atoms with Gasteiger partial charge in [-0.15, -0.1) is 11.3 Å². The molecule has 0 aliphatic carbocycles. The number of ether oxygens (including phenoxy) is 1. The zero-order valence-corrected chi connectivity index (χ0v) is 13.5. The molecule has 0 unspecified atom stereocenters. The topological polar surface area (TPSA) is 113 Å². The number of sulfonamides is 1. The summed E-state index contributed by atoms with van der Waals surface area (Å²) in [6, 6.07) is 8.02. The summed E-state index contributed by atoms with van der Waals surface area (Å²) in [7, 11) is -2.36. The second kappa shape index (κ2) is 5.89. The van der Waals surface area contributed by atoms with Crippen molar-refractivity contribution in [3.63, 3.8) is 0 Å². The Bertz CT molecular complexity index is 948. The molecule has 23 heavy (non-hydrogen) atoms. The van der Waals surface area contributed by atoms with Crippen LogP contribution in [0.3, 0.4) is 0 Å². The lowest BCUT2D eigenvalue weighted by molar-refractivity contribution is 0.186. The predicted octanol–water partition coefficient (Wildman–Crippen LogP) is 2.60. The van der Waals surface area contributed by atoms with Crippen LogP contribution in [0.15, 0.2) is 39.9 Å². The number of aromatic nitrogens is 2. The van der Waals surface area contributed by atoms with Gasteiger partial charge in [0.05, 0.1) is 23.8 Å². The largest absolute Gasteiger partial charge is 0.453 e. The van der Waals surface area contributed by atoms with Gasteiger partial charge in [-0.25, -0.2) is 18.2 Å². The molecule has 1 amide bonds. The van der Waals surface area contributed by atoms with Crippen LogP contribution in [0.25, 0.3) is 11.0 Å². The van der Waals surface area contributed by atoms with E-state index in [-0.39, 0.29) is 10.2 Å². The molecule has 0 aliphatic heterocycles. The van der Waals surface area contributed by atoms with E-state index < -0.39 is 16.1 Å². The number of fused-ring (bicyclic) bond motifs is 1.